The van der Waals surface area contributed by atoms with Gasteiger partial charge in [-0.25, -0.2) is 0 Å². The smallest absolute Gasteiger partial charge is 0.322 e. The highest BCUT2D eigenvalue weighted by atomic mass is 16.6. The van der Waals surface area contributed by atoms with Gasteiger partial charge in [-0.15, -0.1) is 0 Å². The van der Waals surface area contributed by atoms with Crippen molar-refractivity contribution in [3.63, 3.8) is 0 Å². The largest absolute Gasteiger partial charge is 0.493 e. The minimum atomic E-state index is -0.938. The molecule has 6 heteroatoms. The van der Waals surface area contributed by atoms with Gasteiger partial charge in [0.2, 0.25) is 0 Å². The molecule has 0 saturated carbocycles. The molecule has 0 heterocycles. The SMILES string of the molecule is COc1cc(/C=C/NCC(=O)O)ccc1OC(C)=O. The highest BCUT2D eigenvalue weighted by Crippen LogP contribution is 2.28. The van der Waals surface area contributed by atoms with Crippen molar-refractivity contribution in [1.82, 2.24) is 5.32 Å². The lowest BCUT2D eigenvalue weighted by Gasteiger charge is -2.08. The van der Waals surface area contributed by atoms with E-state index in [1.165, 1.54) is 20.2 Å². The average molecular weight is 265 g/mol. The Bertz CT molecular complexity index is 496. The van der Waals surface area contributed by atoms with Crippen LogP contribution in [-0.4, -0.2) is 30.7 Å². The highest BCUT2D eigenvalue weighted by molar-refractivity contribution is 5.71. The molecule has 0 atom stereocenters. The molecule has 0 aliphatic carbocycles. The average Bonchev–Trinajstić information content (AvgIpc) is 2.35. The van der Waals surface area contributed by atoms with Crippen LogP contribution in [0.4, 0.5) is 0 Å². The molecular weight excluding hydrogens is 250 g/mol. The van der Waals surface area contributed by atoms with Gasteiger partial charge in [0.05, 0.1) is 7.11 Å². The number of nitrogens with one attached hydrogen (secondary N) is 1. The van der Waals surface area contributed by atoms with Crippen molar-refractivity contribution in [1.29, 1.82) is 0 Å². The Balaban J connectivity index is 2.76. The normalized spacial score (nSPS) is 10.2. The van der Waals surface area contributed by atoms with Crippen molar-refractivity contribution in [2.75, 3.05) is 13.7 Å². The maximum Gasteiger partial charge on any atom is 0.322 e. The summed E-state index contributed by atoms with van der Waals surface area (Å²) >= 11 is 0. The lowest BCUT2D eigenvalue weighted by molar-refractivity contribution is -0.136. The van der Waals surface area contributed by atoms with Gasteiger partial charge in [0.15, 0.2) is 11.5 Å². The zero-order valence-electron chi connectivity index (χ0n) is 10.7. The van der Waals surface area contributed by atoms with Crippen LogP contribution in [0.2, 0.25) is 0 Å². The van der Waals surface area contributed by atoms with Gasteiger partial charge in [0.25, 0.3) is 0 Å². The Kier molecular flexibility index (Phi) is 5.40. The Morgan fingerprint density at radius 2 is 2.11 bits per heavy atom. The van der Waals surface area contributed by atoms with E-state index in [-0.39, 0.29) is 6.54 Å². The summed E-state index contributed by atoms with van der Waals surface area (Å²) in [5.74, 6) is -0.599. The number of rotatable bonds is 6. The first-order valence-corrected chi connectivity index (χ1v) is 5.51. The lowest BCUT2D eigenvalue weighted by atomic mass is 10.2. The predicted molar refractivity (Wildman–Crippen MR) is 69.0 cm³/mol. The summed E-state index contributed by atoms with van der Waals surface area (Å²) in [6.07, 6.45) is 3.21. The third-order valence-electron chi connectivity index (χ3n) is 2.09. The van der Waals surface area contributed by atoms with Crippen molar-refractivity contribution in [2.24, 2.45) is 0 Å². The number of aliphatic carboxylic acids is 1. The second-order valence-electron chi connectivity index (χ2n) is 3.61. The van der Waals surface area contributed by atoms with Gasteiger partial charge in [-0.2, -0.15) is 0 Å². The molecule has 0 fully saturated rings. The van der Waals surface area contributed by atoms with E-state index < -0.39 is 11.9 Å². The molecule has 0 aliphatic rings. The molecule has 0 radical (unpaired) electrons. The first-order chi connectivity index (χ1) is 9.02. The summed E-state index contributed by atoms with van der Waals surface area (Å²) in [7, 11) is 1.47. The van der Waals surface area contributed by atoms with Crippen LogP contribution in [0.5, 0.6) is 11.5 Å². The molecule has 0 aliphatic heterocycles. The molecule has 0 unspecified atom stereocenters. The molecule has 6 nitrogen and oxygen atoms in total. The summed E-state index contributed by atoms with van der Waals surface area (Å²) in [5, 5.41) is 11.1. The Labute approximate surface area is 110 Å². The molecular formula is C13H15NO5. The molecule has 1 rings (SSSR count). The number of carboxylic acid groups (broad SMARTS) is 1. The van der Waals surface area contributed by atoms with E-state index in [2.05, 4.69) is 5.32 Å². The van der Waals surface area contributed by atoms with Crippen LogP contribution in [0.15, 0.2) is 24.4 Å². The van der Waals surface area contributed by atoms with Crippen LogP contribution in [0.25, 0.3) is 6.08 Å². The number of carbonyl (C=O) groups is 2. The summed E-state index contributed by atoms with van der Waals surface area (Å²) in [5.41, 5.74) is 0.783. The fourth-order valence-electron chi connectivity index (χ4n) is 1.33. The van der Waals surface area contributed by atoms with Gasteiger partial charge in [-0.3, -0.25) is 9.59 Å². The standard InChI is InChI=1S/C13H15NO5/c1-9(15)19-11-4-3-10(7-12(11)18-2)5-6-14-8-13(16)17/h3-7,14H,8H2,1-2H3,(H,16,17)/b6-5+. The van der Waals surface area contributed by atoms with E-state index in [4.69, 9.17) is 14.6 Å². The summed E-state index contributed by atoms with van der Waals surface area (Å²) in [4.78, 5) is 21.2. The molecule has 0 bridgehead atoms. The quantitative estimate of drug-likeness (QED) is 0.595. The Morgan fingerprint density at radius 3 is 2.68 bits per heavy atom. The van der Waals surface area contributed by atoms with Crippen LogP contribution < -0.4 is 14.8 Å². The maximum atomic E-state index is 10.9. The third-order valence-corrected chi connectivity index (χ3v) is 2.09. The third kappa shape index (κ3) is 5.12. The van der Waals surface area contributed by atoms with Crippen molar-refractivity contribution in [2.45, 2.75) is 6.92 Å². The Morgan fingerprint density at radius 1 is 1.37 bits per heavy atom. The van der Waals surface area contributed by atoms with Gasteiger partial charge in [-0.1, -0.05) is 6.07 Å². The van der Waals surface area contributed by atoms with Crippen molar-refractivity contribution >= 4 is 18.0 Å². The van der Waals surface area contributed by atoms with E-state index in [1.54, 1.807) is 24.3 Å². The molecule has 102 valence electrons. The van der Waals surface area contributed by atoms with E-state index in [9.17, 15) is 9.59 Å². The van der Waals surface area contributed by atoms with Crippen molar-refractivity contribution in [3.05, 3.63) is 30.0 Å². The molecule has 1 aromatic carbocycles. The number of carboxylic acids is 1. The van der Waals surface area contributed by atoms with Crippen molar-refractivity contribution in [3.8, 4) is 11.5 Å². The Hall–Kier alpha value is -2.50. The summed E-state index contributed by atoms with van der Waals surface area (Å²) in [6.45, 7) is 1.16. The van der Waals surface area contributed by atoms with E-state index in [1.807, 2.05) is 0 Å². The van der Waals surface area contributed by atoms with Crippen LogP contribution in [-0.2, 0) is 9.59 Å². The predicted octanol–water partition coefficient (Wildman–Crippen LogP) is 1.27. The molecule has 2 N–H and O–H groups in total. The second-order valence-corrected chi connectivity index (χ2v) is 3.61. The van der Waals surface area contributed by atoms with Gasteiger partial charge in [0, 0.05) is 6.92 Å². The molecule has 19 heavy (non-hydrogen) atoms. The lowest BCUT2D eigenvalue weighted by Crippen LogP contribution is -2.16. The monoisotopic (exact) mass is 265 g/mol. The van der Waals surface area contributed by atoms with Gasteiger partial charge < -0.3 is 19.9 Å². The minimum Gasteiger partial charge on any atom is -0.493 e. The fraction of sp³-hybridized carbons (Fsp3) is 0.231. The number of ether oxygens (including phenoxy) is 2. The van der Waals surface area contributed by atoms with E-state index >= 15 is 0 Å². The number of esters is 1. The second kappa shape index (κ2) is 7.05. The van der Waals surface area contributed by atoms with Crippen molar-refractivity contribution < 1.29 is 24.2 Å². The topological polar surface area (TPSA) is 84.9 Å². The molecule has 0 amide bonds. The zero-order chi connectivity index (χ0) is 14.3. The maximum absolute atomic E-state index is 10.9. The number of hydrogen-bond acceptors (Lipinski definition) is 5. The summed E-state index contributed by atoms with van der Waals surface area (Å²) < 4.78 is 10.1. The van der Waals surface area contributed by atoms with E-state index in [0.717, 1.165) is 5.56 Å². The molecule has 1 aromatic rings. The van der Waals surface area contributed by atoms with Gasteiger partial charge >= 0.3 is 11.9 Å². The van der Waals surface area contributed by atoms with Crippen LogP contribution in [0.3, 0.4) is 0 Å². The van der Waals surface area contributed by atoms with E-state index in [0.29, 0.717) is 11.5 Å². The first kappa shape index (κ1) is 14.6. The number of carbonyl (C=O) groups excluding carboxylic acids is 1. The molecule has 0 spiro atoms. The zero-order valence-corrected chi connectivity index (χ0v) is 10.7. The number of benzene rings is 1. The van der Waals surface area contributed by atoms with Gasteiger partial charge in [-0.05, 0) is 30.0 Å². The van der Waals surface area contributed by atoms with Crippen LogP contribution >= 0.6 is 0 Å². The molecule has 0 saturated heterocycles. The minimum absolute atomic E-state index is 0.154. The number of methoxy groups -OCH3 is 1. The first-order valence-electron chi connectivity index (χ1n) is 5.51. The highest BCUT2D eigenvalue weighted by Gasteiger charge is 2.06. The fourth-order valence-corrected chi connectivity index (χ4v) is 1.33. The summed E-state index contributed by atoms with van der Waals surface area (Å²) in [6, 6.07) is 5.01. The van der Waals surface area contributed by atoms with Crippen LogP contribution in [0.1, 0.15) is 12.5 Å². The van der Waals surface area contributed by atoms with Crippen LogP contribution in [0, 0.1) is 0 Å². The van der Waals surface area contributed by atoms with Gasteiger partial charge in [0.1, 0.15) is 6.54 Å². The molecule has 0 aromatic heterocycles. The number of hydrogen-bond donors (Lipinski definition) is 2.